The Balaban J connectivity index is 2.11. The van der Waals surface area contributed by atoms with Crippen molar-refractivity contribution in [2.24, 2.45) is 0 Å². The fourth-order valence-corrected chi connectivity index (χ4v) is 1.60. The maximum absolute atomic E-state index is 11.2. The summed E-state index contributed by atoms with van der Waals surface area (Å²) in [4.78, 5) is 22.4. The van der Waals surface area contributed by atoms with E-state index in [-0.39, 0.29) is 6.42 Å². The minimum absolute atomic E-state index is 0.152. The lowest BCUT2D eigenvalue weighted by Crippen LogP contribution is -2.29. The number of fused-ring (bicyclic) bond motifs is 1. The monoisotopic (exact) mass is 235 g/mol. The second kappa shape index (κ2) is 4.97. The number of rotatable bonds is 4. The van der Waals surface area contributed by atoms with Crippen molar-refractivity contribution in [3.05, 3.63) is 23.8 Å². The van der Waals surface area contributed by atoms with Crippen molar-refractivity contribution < 1.29 is 19.1 Å². The zero-order valence-corrected chi connectivity index (χ0v) is 9.49. The molecule has 1 aromatic rings. The zero-order chi connectivity index (χ0) is 12.3. The van der Waals surface area contributed by atoms with Gasteiger partial charge in [-0.3, -0.25) is 9.59 Å². The second-order valence-electron chi connectivity index (χ2n) is 3.71. The van der Waals surface area contributed by atoms with Gasteiger partial charge in [0.2, 0.25) is 5.78 Å². The number of ketones is 1. The normalized spacial score (nSPS) is 14.2. The number of hydrogen-bond donors (Lipinski definition) is 1. The van der Waals surface area contributed by atoms with Gasteiger partial charge in [0.1, 0.15) is 12.4 Å². The molecule has 1 amide bonds. The first kappa shape index (κ1) is 11.6. The van der Waals surface area contributed by atoms with Gasteiger partial charge in [-0.25, -0.2) is 0 Å². The minimum Gasteiger partial charge on any atom is -0.491 e. The Labute approximate surface area is 98.7 Å². The van der Waals surface area contributed by atoms with Crippen molar-refractivity contribution in [1.82, 2.24) is 0 Å². The molecule has 0 bridgehead atoms. The maximum Gasteiger partial charge on any atom is 0.292 e. The van der Waals surface area contributed by atoms with Crippen LogP contribution in [-0.2, 0) is 20.7 Å². The van der Waals surface area contributed by atoms with Gasteiger partial charge < -0.3 is 14.8 Å². The number of benzene rings is 1. The number of Topliss-reactive ketones (excluding diaryl/α,β-unsaturated/α-hetero) is 1. The Morgan fingerprint density at radius 1 is 1.29 bits per heavy atom. The molecule has 5 nitrogen and oxygen atoms in total. The van der Waals surface area contributed by atoms with E-state index in [1.54, 1.807) is 25.3 Å². The molecule has 1 aliphatic rings. The number of anilines is 1. The molecular weight excluding hydrogens is 222 g/mol. The smallest absolute Gasteiger partial charge is 0.292 e. The van der Waals surface area contributed by atoms with Crippen LogP contribution >= 0.6 is 0 Å². The van der Waals surface area contributed by atoms with Crippen molar-refractivity contribution >= 4 is 17.4 Å². The molecule has 0 aliphatic carbocycles. The van der Waals surface area contributed by atoms with Crippen LogP contribution < -0.4 is 10.1 Å². The Bertz CT molecular complexity index is 456. The first-order valence-corrected chi connectivity index (χ1v) is 5.29. The summed E-state index contributed by atoms with van der Waals surface area (Å²) < 4.78 is 10.3. The summed E-state index contributed by atoms with van der Waals surface area (Å²) >= 11 is 0. The van der Waals surface area contributed by atoms with Crippen LogP contribution in [0.5, 0.6) is 5.75 Å². The van der Waals surface area contributed by atoms with Crippen LogP contribution in [0.25, 0.3) is 0 Å². The third kappa shape index (κ3) is 2.62. The summed E-state index contributed by atoms with van der Waals surface area (Å²) in [6.07, 6.45) is 0.152. The molecule has 0 saturated carbocycles. The first-order valence-electron chi connectivity index (χ1n) is 5.29. The predicted octanol–water partition coefficient (Wildman–Crippen LogP) is 0.776. The van der Waals surface area contributed by atoms with Crippen LogP contribution in [0.3, 0.4) is 0 Å². The maximum atomic E-state index is 11.2. The number of nitrogens with one attached hydrogen (secondary N) is 1. The lowest BCUT2D eigenvalue weighted by atomic mass is 10.0. The molecule has 0 radical (unpaired) electrons. The summed E-state index contributed by atoms with van der Waals surface area (Å²) in [6, 6.07) is 5.28. The van der Waals surface area contributed by atoms with Crippen molar-refractivity contribution in [3.8, 4) is 5.75 Å². The molecule has 5 heteroatoms. The minimum atomic E-state index is -0.563. The second-order valence-corrected chi connectivity index (χ2v) is 3.71. The van der Waals surface area contributed by atoms with Crippen molar-refractivity contribution in [2.45, 2.75) is 6.42 Å². The standard InChI is InChI=1S/C12H13NO4/c1-16-4-5-17-9-3-2-8-6-11(14)12(15)13-10(8)7-9/h2-3,7H,4-6H2,1H3,(H,13,15). The largest absolute Gasteiger partial charge is 0.491 e. The Morgan fingerprint density at radius 3 is 2.88 bits per heavy atom. The SMILES string of the molecule is COCCOc1ccc2c(c1)NC(=O)C(=O)C2. The van der Waals surface area contributed by atoms with Gasteiger partial charge in [0, 0.05) is 25.3 Å². The highest BCUT2D eigenvalue weighted by Gasteiger charge is 2.23. The molecular formula is C12H13NO4. The predicted molar refractivity (Wildman–Crippen MR) is 61.2 cm³/mol. The molecule has 1 heterocycles. The topological polar surface area (TPSA) is 64.6 Å². The number of hydrogen-bond acceptors (Lipinski definition) is 4. The molecule has 0 unspecified atom stereocenters. The Kier molecular flexibility index (Phi) is 3.39. The summed E-state index contributed by atoms with van der Waals surface area (Å²) in [5.74, 6) is -0.326. The van der Waals surface area contributed by atoms with Gasteiger partial charge in [0.15, 0.2) is 0 Å². The Morgan fingerprint density at radius 2 is 2.12 bits per heavy atom. The van der Waals surface area contributed by atoms with Gasteiger partial charge in [-0.2, -0.15) is 0 Å². The molecule has 0 aromatic heterocycles. The van der Waals surface area contributed by atoms with E-state index < -0.39 is 11.7 Å². The molecule has 0 atom stereocenters. The van der Waals surface area contributed by atoms with E-state index in [4.69, 9.17) is 9.47 Å². The zero-order valence-electron chi connectivity index (χ0n) is 9.49. The number of amides is 1. The van der Waals surface area contributed by atoms with Crippen molar-refractivity contribution in [2.75, 3.05) is 25.6 Å². The van der Waals surface area contributed by atoms with Gasteiger partial charge in [-0.1, -0.05) is 6.07 Å². The van der Waals surface area contributed by atoms with E-state index in [9.17, 15) is 9.59 Å². The summed E-state index contributed by atoms with van der Waals surface area (Å²) in [7, 11) is 1.60. The molecule has 1 aromatic carbocycles. The fraction of sp³-hybridized carbons (Fsp3) is 0.333. The summed E-state index contributed by atoms with van der Waals surface area (Å²) in [6.45, 7) is 0.949. The fourth-order valence-electron chi connectivity index (χ4n) is 1.60. The van der Waals surface area contributed by atoms with E-state index in [2.05, 4.69) is 5.32 Å². The number of ether oxygens (including phenoxy) is 2. The quantitative estimate of drug-likeness (QED) is 0.618. The van der Waals surface area contributed by atoms with Crippen LogP contribution in [0.4, 0.5) is 5.69 Å². The molecule has 1 aliphatic heterocycles. The molecule has 0 fully saturated rings. The number of carbonyl (C=O) groups excluding carboxylic acids is 2. The van der Waals surface area contributed by atoms with Gasteiger partial charge >= 0.3 is 0 Å². The van der Waals surface area contributed by atoms with Gasteiger partial charge in [0.05, 0.1) is 6.61 Å². The first-order chi connectivity index (χ1) is 8.20. The third-order valence-electron chi connectivity index (χ3n) is 2.49. The van der Waals surface area contributed by atoms with Gasteiger partial charge in [-0.15, -0.1) is 0 Å². The number of carbonyl (C=O) groups is 2. The molecule has 17 heavy (non-hydrogen) atoms. The molecule has 2 rings (SSSR count). The van der Waals surface area contributed by atoms with Gasteiger partial charge in [-0.05, 0) is 11.6 Å². The van der Waals surface area contributed by atoms with E-state index in [0.29, 0.717) is 24.7 Å². The molecule has 1 N–H and O–H groups in total. The highest BCUT2D eigenvalue weighted by molar-refractivity contribution is 6.42. The highest BCUT2D eigenvalue weighted by Crippen LogP contribution is 2.26. The summed E-state index contributed by atoms with van der Waals surface area (Å²) in [5.41, 5.74) is 1.46. The van der Waals surface area contributed by atoms with Crippen LogP contribution in [0.1, 0.15) is 5.56 Å². The van der Waals surface area contributed by atoms with Crippen LogP contribution in [0, 0.1) is 0 Å². The van der Waals surface area contributed by atoms with Crippen LogP contribution in [-0.4, -0.2) is 32.0 Å². The average molecular weight is 235 g/mol. The van der Waals surface area contributed by atoms with E-state index in [1.807, 2.05) is 0 Å². The van der Waals surface area contributed by atoms with Gasteiger partial charge in [0.25, 0.3) is 5.91 Å². The molecule has 0 saturated heterocycles. The van der Waals surface area contributed by atoms with Crippen LogP contribution in [0.2, 0.25) is 0 Å². The molecule has 90 valence electrons. The number of methoxy groups -OCH3 is 1. The van der Waals surface area contributed by atoms with E-state index in [1.165, 1.54) is 0 Å². The lowest BCUT2D eigenvalue weighted by Gasteiger charge is -2.16. The summed E-state index contributed by atoms with van der Waals surface area (Å²) in [5, 5.41) is 2.54. The van der Waals surface area contributed by atoms with E-state index >= 15 is 0 Å². The van der Waals surface area contributed by atoms with Crippen molar-refractivity contribution in [1.29, 1.82) is 0 Å². The van der Waals surface area contributed by atoms with E-state index in [0.717, 1.165) is 5.56 Å². The Hall–Kier alpha value is -1.88. The lowest BCUT2D eigenvalue weighted by molar-refractivity contribution is -0.134. The third-order valence-corrected chi connectivity index (χ3v) is 2.49. The molecule has 0 spiro atoms. The highest BCUT2D eigenvalue weighted by atomic mass is 16.5. The van der Waals surface area contributed by atoms with Crippen molar-refractivity contribution in [3.63, 3.8) is 0 Å². The average Bonchev–Trinajstić information content (AvgIpc) is 2.31. The van der Waals surface area contributed by atoms with Crippen LogP contribution in [0.15, 0.2) is 18.2 Å².